The first-order valence-electron chi connectivity index (χ1n) is 10.6. The van der Waals surface area contributed by atoms with Crippen molar-refractivity contribution in [1.82, 2.24) is 14.7 Å². The summed E-state index contributed by atoms with van der Waals surface area (Å²) >= 11 is 0. The number of carbonyl (C=O) groups excluding carboxylic acids is 2. The Kier molecular flexibility index (Phi) is 6.07. The molecule has 10 heteroatoms. The lowest BCUT2D eigenvalue weighted by Crippen LogP contribution is -2.41. The molecule has 0 radical (unpaired) electrons. The van der Waals surface area contributed by atoms with Gasteiger partial charge in [-0.1, -0.05) is 29.8 Å². The zero-order valence-corrected chi connectivity index (χ0v) is 18.8. The number of rotatable bonds is 5. The van der Waals surface area contributed by atoms with Gasteiger partial charge in [-0.05, 0) is 37.6 Å². The van der Waals surface area contributed by atoms with E-state index < -0.39 is 18.0 Å². The Morgan fingerprint density at radius 2 is 1.88 bits per heavy atom. The first-order valence-corrected chi connectivity index (χ1v) is 10.6. The third-order valence-electron chi connectivity index (χ3n) is 5.45. The zero-order valence-electron chi connectivity index (χ0n) is 18.8. The number of nitrogens with one attached hydrogen (secondary N) is 1. The van der Waals surface area contributed by atoms with E-state index in [0.717, 1.165) is 23.3 Å². The van der Waals surface area contributed by atoms with Gasteiger partial charge in [0.1, 0.15) is 11.4 Å². The van der Waals surface area contributed by atoms with Crippen LogP contribution in [0.1, 0.15) is 41.5 Å². The van der Waals surface area contributed by atoms with Crippen LogP contribution in [-0.4, -0.2) is 39.4 Å². The van der Waals surface area contributed by atoms with Gasteiger partial charge in [-0.15, -0.1) is 13.2 Å². The summed E-state index contributed by atoms with van der Waals surface area (Å²) < 4.78 is 43.5. The minimum atomic E-state index is -4.87. The lowest BCUT2D eigenvalue weighted by atomic mass is 10.1. The van der Waals surface area contributed by atoms with Crippen molar-refractivity contribution in [2.24, 2.45) is 0 Å². The van der Waals surface area contributed by atoms with E-state index in [1.807, 2.05) is 38.1 Å². The molecule has 0 saturated carbocycles. The highest BCUT2D eigenvalue weighted by Crippen LogP contribution is 2.35. The highest BCUT2D eigenvalue weighted by atomic mass is 19.4. The van der Waals surface area contributed by atoms with Crippen LogP contribution in [0.25, 0.3) is 11.3 Å². The second-order valence-electron chi connectivity index (χ2n) is 8.32. The third kappa shape index (κ3) is 5.05. The molecule has 2 amide bonds. The van der Waals surface area contributed by atoms with Crippen LogP contribution in [0, 0.1) is 6.92 Å². The number of hydrogen-bond acceptors (Lipinski definition) is 4. The molecule has 0 spiro atoms. The van der Waals surface area contributed by atoms with Crippen molar-refractivity contribution in [2.75, 3.05) is 11.9 Å². The fourth-order valence-electron chi connectivity index (χ4n) is 3.95. The minimum Gasteiger partial charge on any atom is -0.406 e. The molecule has 34 heavy (non-hydrogen) atoms. The number of ether oxygens (including phenoxy) is 1. The first-order chi connectivity index (χ1) is 16.0. The van der Waals surface area contributed by atoms with Crippen LogP contribution in [0.5, 0.6) is 5.75 Å². The van der Waals surface area contributed by atoms with E-state index in [9.17, 15) is 22.8 Å². The van der Waals surface area contributed by atoms with Gasteiger partial charge in [0.25, 0.3) is 5.91 Å². The molecule has 3 aromatic rings. The summed E-state index contributed by atoms with van der Waals surface area (Å²) in [4.78, 5) is 26.6. The van der Waals surface area contributed by atoms with E-state index in [-0.39, 0.29) is 17.6 Å². The second-order valence-corrected chi connectivity index (χ2v) is 8.32. The molecule has 4 rings (SSSR count). The van der Waals surface area contributed by atoms with E-state index in [4.69, 9.17) is 0 Å². The molecule has 1 aliphatic heterocycles. The van der Waals surface area contributed by atoms with Crippen molar-refractivity contribution in [1.29, 1.82) is 0 Å². The van der Waals surface area contributed by atoms with Crippen LogP contribution >= 0.6 is 0 Å². The van der Waals surface area contributed by atoms with Crippen LogP contribution in [0.15, 0.2) is 48.5 Å². The standard InChI is InChI=1S/C24H23F3N4O3/c1-14-4-6-17(7-5-14)13-30-12-15(2)31-22(23(30)33)11-21(29-31)19-9-8-18(34-24(25,26)27)10-20(19)28-16(3)32/h4-11,15H,12-13H2,1-3H3,(H,28,32)/t15-/m0/s1. The molecule has 0 bridgehead atoms. The zero-order chi connectivity index (χ0) is 24.6. The Balaban J connectivity index is 1.66. The Bertz CT molecular complexity index is 1240. The van der Waals surface area contributed by atoms with Gasteiger partial charge in [-0.3, -0.25) is 14.3 Å². The predicted molar refractivity (Wildman–Crippen MR) is 119 cm³/mol. The van der Waals surface area contributed by atoms with Crippen LogP contribution in [0.3, 0.4) is 0 Å². The maximum Gasteiger partial charge on any atom is 0.573 e. The van der Waals surface area contributed by atoms with Crippen LogP contribution in [0.2, 0.25) is 0 Å². The SMILES string of the molecule is CC(=O)Nc1cc(OC(F)(F)F)ccc1-c1cc2n(n1)[C@@H](C)CN(Cc1ccc(C)cc1)C2=O. The molecule has 1 aromatic heterocycles. The normalized spacial score (nSPS) is 15.8. The van der Waals surface area contributed by atoms with Gasteiger partial charge in [-0.25, -0.2) is 0 Å². The Morgan fingerprint density at radius 3 is 2.53 bits per heavy atom. The number of anilines is 1. The minimum absolute atomic E-state index is 0.0984. The summed E-state index contributed by atoms with van der Waals surface area (Å²) in [6.07, 6.45) is -4.87. The number of fused-ring (bicyclic) bond motifs is 1. The van der Waals surface area contributed by atoms with E-state index in [1.165, 1.54) is 13.0 Å². The van der Waals surface area contributed by atoms with Crippen LogP contribution < -0.4 is 10.1 Å². The van der Waals surface area contributed by atoms with Crippen LogP contribution in [0.4, 0.5) is 18.9 Å². The van der Waals surface area contributed by atoms with E-state index in [1.54, 1.807) is 15.6 Å². The molecule has 1 aliphatic rings. The first kappa shape index (κ1) is 23.3. The van der Waals surface area contributed by atoms with E-state index in [0.29, 0.717) is 30.0 Å². The fourth-order valence-corrected chi connectivity index (χ4v) is 3.95. The summed E-state index contributed by atoms with van der Waals surface area (Å²) in [5.74, 6) is -1.14. The number of aryl methyl sites for hydroxylation is 1. The van der Waals surface area contributed by atoms with E-state index in [2.05, 4.69) is 15.2 Å². The maximum atomic E-state index is 13.2. The summed E-state index contributed by atoms with van der Waals surface area (Å²) in [7, 11) is 0. The highest BCUT2D eigenvalue weighted by molar-refractivity contribution is 5.97. The lowest BCUT2D eigenvalue weighted by Gasteiger charge is -2.31. The van der Waals surface area contributed by atoms with Crippen molar-refractivity contribution < 1.29 is 27.5 Å². The van der Waals surface area contributed by atoms with Gasteiger partial charge < -0.3 is 15.0 Å². The molecule has 7 nitrogen and oxygen atoms in total. The third-order valence-corrected chi connectivity index (χ3v) is 5.45. The van der Waals surface area contributed by atoms with Crippen LogP contribution in [-0.2, 0) is 11.3 Å². The number of carbonyl (C=O) groups is 2. The molecule has 0 fully saturated rings. The number of halogens is 3. The summed E-state index contributed by atoms with van der Waals surface area (Å²) in [5.41, 5.74) is 3.33. The number of hydrogen-bond donors (Lipinski definition) is 1. The lowest BCUT2D eigenvalue weighted by molar-refractivity contribution is -0.274. The molecule has 0 saturated heterocycles. The summed E-state index contributed by atoms with van der Waals surface area (Å²) in [6, 6.07) is 13.0. The van der Waals surface area contributed by atoms with Gasteiger partial charge in [-0.2, -0.15) is 5.10 Å². The largest absolute Gasteiger partial charge is 0.573 e. The quantitative estimate of drug-likeness (QED) is 0.571. The number of benzene rings is 2. The molecule has 178 valence electrons. The number of alkyl halides is 3. The van der Waals surface area contributed by atoms with Crippen molar-refractivity contribution in [3.63, 3.8) is 0 Å². The highest BCUT2D eigenvalue weighted by Gasteiger charge is 2.33. The van der Waals surface area contributed by atoms with Gasteiger partial charge in [0.15, 0.2) is 0 Å². The maximum absolute atomic E-state index is 13.2. The fraction of sp³-hybridized carbons (Fsp3) is 0.292. The average Bonchev–Trinajstić information content (AvgIpc) is 3.18. The Morgan fingerprint density at radius 1 is 1.18 bits per heavy atom. The monoisotopic (exact) mass is 472 g/mol. The van der Waals surface area contributed by atoms with Gasteiger partial charge >= 0.3 is 6.36 Å². The number of aromatic nitrogens is 2. The summed E-state index contributed by atoms with van der Waals surface area (Å²) in [6.45, 7) is 6.08. The van der Waals surface area contributed by atoms with Gasteiger partial charge in [0.05, 0.1) is 17.4 Å². The molecule has 0 unspecified atom stereocenters. The molecule has 0 aliphatic carbocycles. The Labute approximate surface area is 194 Å². The van der Waals surface area contributed by atoms with Crippen molar-refractivity contribution >= 4 is 17.5 Å². The summed E-state index contributed by atoms with van der Waals surface area (Å²) in [5, 5.41) is 7.05. The predicted octanol–water partition coefficient (Wildman–Crippen LogP) is 4.93. The van der Waals surface area contributed by atoms with Gasteiger partial charge in [0, 0.05) is 31.6 Å². The molecular formula is C24H23F3N4O3. The number of nitrogens with zero attached hydrogens (tertiary/aromatic N) is 3. The molecule has 1 atom stereocenters. The molecule has 2 aromatic carbocycles. The van der Waals surface area contributed by atoms with Gasteiger partial charge in [0.2, 0.25) is 5.91 Å². The van der Waals surface area contributed by atoms with E-state index >= 15 is 0 Å². The second kappa shape index (κ2) is 8.85. The van der Waals surface area contributed by atoms with Crippen molar-refractivity contribution in [2.45, 2.75) is 39.7 Å². The van der Waals surface area contributed by atoms with Crippen molar-refractivity contribution in [3.05, 3.63) is 65.4 Å². The molecular weight excluding hydrogens is 449 g/mol. The Hall–Kier alpha value is -3.82. The topological polar surface area (TPSA) is 76.5 Å². The number of amides is 2. The molecule has 2 heterocycles. The average molecular weight is 472 g/mol. The smallest absolute Gasteiger partial charge is 0.406 e. The van der Waals surface area contributed by atoms with Crippen molar-refractivity contribution in [3.8, 4) is 17.0 Å². The molecule has 1 N–H and O–H groups in total.